The number of aromatic amines is 1. The van der Waals surface area contributed by atoms with Gasteiger partial charge in [0.2, 0.25) is 5.69 Å². The molecule has 0 aliphatic carbocycles. The fraction of sp³-hybridized carbons (Fsp3) is 0.240. The van der Waals surface area contributed by atoms with Crippen LogP contribution in [-0.4, -0.2) is 12.4 Å². The van der Waals surface area contributed by atoms with Gasteiger partial charge in [0, 0.05) is 17.4 Å². The zero-order valence-corrected chi connectivity index (χ0v) is 20.5. The van der Waals surface area contributed by atoms with Crippen LogP contribution in [0.3, 0.4) is 0 Å². The Hall–Kier alpha value is -2.33. The molecule has 0 bridgehead atoms. The Balaban J connectivity index is 0.000000630. The predicted octanol–water partition coefficient (Wildman–Crippen LogP) is 7.81. The predicted molar refractivity (Wildman–Crippen MR) is 139 cm³/mol. The Bertz CT molecular complexity index is 1100. The van der Waals surface area contributed by atoms with Gasteiger partial charge in [-0.1, -0.05) is 61.6 Å². The van der Waals surface area contributed by atoms with E-state index in [1.165, 1.54) is 4.88 Å². The van der Waals surface area contributed by atoms with Crippen molar-refractivity contribution in [2.75, 3.05) is 18.2 Å². The summed E-state index contributed by atoms with van der Waals surface area (Å²) >= 11 is 5.01. The number of thiophene rings is 2. The summed E-state index contributed by atoms with van der Waals surface area (Å²) in [7, 11) is 0. The van der Waals surface area contributed by atoms with Crippen molar-refractivity contribution in [3.8, 4) is 34.0 Å². The topological polar surface area (TPSA) is 40.2 Å². The number of fused-ring (bicyclic) bond motifs is 1. The summed E-state index contributed by atoms with van der Waals surface area (Å²) in [6, 6.07) is 16.7. The van der Waals surface area contributed by atoms with Gasteiger partial charge >= 0.3 is 0 Å². The van der Waals surface area contributed by atoms with E-state index in [4.69, 9.17) is 5.73 Å². The summed E-state index contributed by atoms with van der Waals surface area (Å²) in [5.74, 6) is 2.99. The van der Waals surface area contributed by atoms with E-state index in [-0.39, 0.29) is 6.67 Å². The Morgan fingerprint density at radius 2 is 1.87 bits per heavy atom. The molecule has 0 radical (unpaired) electrons. The highest BCUT2D eigenvalue weighted by atomic mass is 32.2. The van der Waals surface area contributed by atoms with E-state index in [1.807, 2.05) is 32.0 Å². The van der Waals surface area contributed by atoms with Gasteiger partial charge in [-0.05, 0) is 30.4 Å². The van der Waals surface area contributed by atoms with Crippen molar-refractivity contribution in [3.05, 3.63) is 53.9 Å². The number of anilines is 1. The largest absolute Gasteiger partial charge is 0.396 e. The van der Waals surface area contributed by atoms with Crippen LogP contribution in [0.25, 0.3) is 31.9 Å². The summed E-state index contributed by atoms with van der Waals surface area (Å²) < 4.78 is 13.5. The maximum absolute atomic E-state index is 12.5. The van der Waals surface area contributed by atoms with Crippen molar-refractivity contribution in [1.82, 2.24) is 0 Å². The molecule has 3 aromatic heterocycles. The first-order valence-corrected chi connectivity index (χ1v) is 12.8. The quantitative estimate of drug-likeness (QED) is 0.177. The van der Waals surface area contributed by atoms with Crippen LogP contribution in [0.1, 0.15) is 27.2 Å². The second kappa shape index (κ2) is 13.2. The molecule has 4 aromatic rings. The highest BCUT2D eigenvalue weighted by molar-refractivity contribution is 8.01. The lowest BCUT2D eigenvalue weighted by Crippen LogP contribution is -2.06. The number of alkyl halides is 1. The van der Waals surface area contributed by atoms with E-state index in [0.29, 0.717) is 6.42 Å². The van der Waals surface area contributed by atoms with Gasteiger partial charge in [-0.3, -0.25) is 4.39 Å². The van der Waals surface area contributed by atoms with Crippen LogP contribution in [0, 0.1) is 12.3 Å². The lowest BCUT2D eigenvalue weighted by Gasteiger charge is -2.04. The average molecular weight is 472 g/mol. The molecule has 2 nitrogen and oxygen atoms in total. The normalized spacial score (nSPS) is 9.90. The summed E-state index contributed by atoms with van der Waals surface area (Å²) in [5.41, 5.74) is 10.7. The molecule has 4 rings (SSSR count). The minimum absolute atomic E-state index is 0.290. The van der Waals surface area contributed by atoms with Crippen molar-refractivity contribution in [2.24, 2.45) is 0 Å². The highest BCUT2D eigenvalue weighted by Crippen LogP contribution is 2.44. The standard InChI is InChI=1S/C20H17FN2S3.C3H4.C2H6/c21-9-5-11-25-20-18(22)17-14(13-6-2-1-3-7-13)12-15(23-19(17)26-20)16-8-4-10-24-16;1-3-2;1-2/h1-4,6-8,10,12H,5,9,11,22H2;1H,2H3;1-2H3/p+1. The molecule has 0 fully saturated rings. The zero-order valence-electron chi connectivity index (χ0n) is 18.1. The zero-order chi connectivity index (χ0) is 22.6. The molecule has 0 atom stereocenters. The molecule has 1 aromatic carbocycles. The minimum Gasteiger partial charge on any atom is -0.396 e. The maximum Gasteiger partial charge on any atom is 0.271 e. The number of benzene rings is 1. The second-order valence-corrected chi connectivity index (χ2v) is 9.46. The van der Waals surface area contributed by atoms with Crippen LogP contribution in [0.4, 0.5) is 10.1 Å². The second-order valence-electron chi connectivity index (χ2n) is 6.13. The molecule has 6 heteroatoms. The number of pyridine rings is 1. The molecule has 162 valence electrons. The Labute approximate surface area is 196 Å². The third-order valence-electron chi connectivity index (χ3n) is 4.10. The van der Waals surface area contributed by atoms with Gasteiger partial charge < -0.3 is 5.73 Å². The fourth-order valence-electron chi connectivity index (χ4n) is 2.89. The number of H-pyrrole nitrogens is 1. The van der Waals surface area contributed by atoms with Crippen molar-refractivity contribution < 1.29 is 9.37 Å². The van der Waals surface area contributed by atoms with Crippen LogP contribution in [0.2, 0.25) is 0 Å². The van der Waals surface area contributed by atoms with Crippen LogP contribution in [-0.2, 0) is 0 Å². The smallest absolute Gasteiger partial charge is 0.271 e. The van der Waals surface area contributed by atoms with E-state index in [1.54, 1.807) is 41.4 Å². The molecule has 0 spiro atoms. The van der Waals surface area contributed by atoms with Crippen LogP contribution in [0.15, 0.2) is 58.1 Å². The van der Waals surface area contributed by atoms with Gasteiger partial charge in [0.25, 0.3) is 4.83 Å². The number of aromatic nitrogens is 1. The Morgan fingerprint density at radius 1 is 1.16 bits per heavy atom. The van der Waals surface area contributed by atoms with E-state index in [0.717, 1.165) is 42.7 Å². The lowest BCUT2D eigenvalue weighted by molar-refractivity contribution is -0.327. The number of halogens is 1. The maximum atomic E-state index is 12.5. The third kappa shape index (κ3) is 6.33. The SMILES string of the molecule is C#CC.CC.Nc1c(SCCCF)sc2[nH+]c(-c3cccs3)cc(-c3ccccc3)c12. The molecule has 0 unspecified atom stereocenters. The van der Waals surface area contributed by atoms with Crippen molar-refractivity contribution in [1.29, 1.82) is 0 Å². The van der Waals surface area contributed by atoms with E-state index in [2.05, 4.69) is 53.0 Å². The lowest BCUT2D eigenvalue weighted by atomic mass is 10.0. The Morgan fingerprint density at radius 3 is 2.48 bits per heavy atom. The number of rotatable bonds is 6. The molecular formula is C25H28FN2S3+. The molecular weight excluding hydrogens is 443 g/mol. The van der Waals surface area contributed by atoms with Gasteiger partial charge in [0.05, 0.1) is 26.8 Å². The molecule has 3 heterocycles. The van der Waals surface area contributed by atoms with Crippen molar-refractivity contribution in [3.63, 3.8) is 0 Å². The third-order valence-corrected chi connectivity index (χ3v) is 7.50. The molecule has 0 aliphatic heterocycles. The monoisotopic (exact) mass is 471 g/mol. The van der Waals surface area contributed by atoms with Crippen LogP contribution < -0.4 is 10.7 Å². The highest BCUT2D eigenvalue weighted by Gasteiger charge is 2.22. The summed E-state index contributed by atoms with van der Waals surface area (Å²) in [4.78, 5) is 5.81. The molecule has 0 saturated heterocycles. The molecule has 0 aliphatic rings. The van der Waals surface area contributed by atoms with Gasteiger partial charge in [-0.15, -0.1) is 35.4 Å². The Kier molecular flexibility index (Phi) is 10.6. The summed E-state index contributed by atoms with van der Waals surface area (Å²) in [6.07, 6.45) is 5.15. The molecule has 3 N–H and O–H groups in total. The van der Waals surface area contributed by atoms with Crippen molar-refractivity contribution >= 4 is 50.3 Å². The molecule has 0 saturated carbocycles. The van der Waals surface area contributed by atoms with E-state index in [9.17, 15) is 4.39 Å². The number of hydrogen-bond acceptors (Lipinski definition) is 4. The van der Waals surface area contributed by atoms with E-state index < -0.39 is 0 Å². The molecule has 31 heavy (non-hydrogen) atoms. The first kappa shape index (κ1) is 24.9. The van der Waals surface area contributed by atoms with Crippen LogP contribution >= 0.6 is 34.4 Å². The minimum atomic E-state index is -0.290. The van der Waals surface area contributed by atoms with Gasteiger partial charge in [0.15, 0.2) is 0 Å². The van der Waals surface area contributed by atoms with E-state index >= 15 is 0 Å². The van der Waals surface area contributed by atoms with Crippen molar-refractivity contribution in [2.45, 2.75) is 31.4 Å². The van der Waals surface area contributed by atoms with Gasteiger partial charge in [-0.2, -0.15) is 4.98 Å². The number of nitrogens with two attached hydrogens (primary N) is 1. The van der Waals surface area contributed by atoms with Crippen LogP contribution in [0.5, 0.6) is 0 Å². The fourth-order valence-corrected chi connectivity index (χ4v) is 5.90. The summed E-state index contributed by atoms with van der Waals surface area (Å²) in [5, 5.41) is 3.14. The number of nitrogen functional groups attached to an aromatic ring is 1. The molecule has 0 amide bonds. The number of nitrogens with one attached hydrogen (secondary N) is 1. The number of terminal acetylenes is 1. The first-order valence-electron chi connectivity index (χ1n) is 10.1. The first-order chi connectivity index (χ1) is 15.2. The average Bonchev–Trinajstić information content (AvgIpc) is 3.45. The number of thioether (sulfide) groups is 1. The number of hydrogen-bond donors (Lipinski definition) is 1. The summed E-state index contributed by atoms with van der Waals surface area (Å²) in [6.45, 7) is 5.36. The van der Waals surface area contributed by atoms with Gasteiger partial charge in [0.1, 0.15) is 0 Å². The van der Waals surface area contributed by atoms with Gasteiger partial charge in [-0.25, -0.2) is 0 Å².